The van der Waals surface area contributed by atoms with E-state index < -0.39 is 18.1 Å². The first kappa shape index (κ1) is 24.4. The third-order valence-corrected chi connectivity index (χ3v) is 5.85. The van der Waals surface area contributed by atoms with Crippen LogP contribution in [0.4, 0.5) is 21.8 Å². The van der Waals surface area contributed by atoms with Crippen LogP contribution in [0.15, 0.2) is 24.0 Å². The summed E-state index contributed by atoms with van der Waals surface area (Å²) < 4.78 is 16.7. The summed E-state index contributed by atoms with van der Waals surface area (Å²) in [4.78, 5) is 23.3. The quantitative estimate of drug-likeness (QED) is 0.331. The lowest BCUT2D eigenvalue weighted by molar-refractivity contribution is -0.128. The van der Waals surface area contributed by atoms with Crippen LogP contribution in [0.1, 0.15) is 27.2 Å². The van der Waals surface area contributed by atoms with E-state index in [9.17, 15) is 14.4 Å². The summed E-state index contributed by atoms with van der Waals surface area (Å²) in [5.41, 5.74) is 1.10. The first-order valence-corrected chi connectivity index (χ1v) is 11.7. The Morgan fingerprint density at radius 3 is 2.94 bits per heavy atom. The fourth-order valence-corrected chi connectivity index (χ4v) is 4.09. The minimum atomic E-state index is -1.24. The molecule has 0 unspecified atom stereocenters. The molecule has 0 radical (unpaired) electrons. The summed E-state index contributed by atoms with van der Waals surface area (Å²) in [6.07, 6.45) is 3.95. The molecule has 0 bridgehead atoms. The van der Waals surface area contributed by atoms with Crippen LogP contribution in [0.3, 0.4) is 0 Å². The molecule has 35 heavy (non-hydrogen) atoms. The molecule has 184 valence electrons. The number of fused-ring (bicyclic) bond motifs is 1. The highest BCUT2D eigenvalue weighted by atomic mass is 35.5. The zero-order valence-corrected chi connectivity index (χ0v) is 20.3. The maximum atomic E-state index is 15.0. The van der Waals surface area contributed by atoms with E-state index in [0.29, 0.717) is 23.3 Å². The minimum Gasteiger partial charge on any atom is -0.362 e. The predicted molar refractivity (Wildman–Crippen MR) is 130 cm³/mol. The number of amides is 1. The van der Waals surface area contributed by atoms with Crippen molar-refractivity contribution in [1.82, 2.24) is 34.8 Å². The number of nitriles is 1. The van der Waals surface area contributed by atoms with Crippen LogP contribution in [0.5, 0.6) is 0 Å². The van der Waals surface area contributed by atoms with Gasteiger partial charge in [-0.3, -0.25) is 14.6 Å². The Labute approximate surface area is 206 Å². The van der Waals surface area contributed by atoms with Crippen molar-refractivity contribution >= 4 is 46.0 Å². The van der Waals surface area contributed by atoms with Gasteiger partial charge in [0.05, 0.1) is 17.9 Å². The van der Waals surface area contributed by atoms with E-state index in [0.717, 1.165) is 0 Å². The van der Waals surface area contributed by atoms with Gasteiger partial charge in [-0.15, -0.1) is 0 Å². The zero-order valence-electron chi connectivity index (χ0n) is 19.6. The van der Waals surface area contributed by atoms with Crippen molar-refractivity contribution in [2.24, 2.45) is 5.92 Å². The Bertz CT molecular complexity index is 1290. The normalized spacial score (nSPS) is 18.7. The average Bonchev–Trinajstić information content (AvgIpc) is 3.44. The number of aromatic amines is 1. The third-order valence-electron chi connectivity index (χ3n) is 5.58. The molecular weight excluding hydrogens is 475 g/mol. The summed E-state index contributed by atoms with van der Waals surface area (Å²) in [7, 11) is 0. The highest BCUT2D eigenvalue weighted by Crippen LogP contribution is 2.30. The predicted octanol–water partition coefficient (Wildman–Crippen LogP) is 3.42. The molecule has 1 fully saturated rings. The molecule has 0 aliphatic carbocycles. The van der Waals surface area contributed by atoms with Crippen LogP contribution in [0, 0.1) is 17.2 Å². The van der Waals surface area contributed by atoms with E-state index in [1.807, 2.05) is 26.8 Å². The fourth-order valence-electron chi connectivity index (χ4n) is 3.87. The molecule has 1 saturated heterocycles. The molecule has 11 nitrogen and oxygen atoms in total. The highest BCUT2D eigenvalue weighted by molar-refractivity contribution is 6.35. The van der Waals surface area contributed by atoms with Crippen molar-refractivity contribution in [2.75, 3.05) is 23.7 Å². The summed E-state index contributed by atoms with van der Waals surface area (Å²) in [5.74, 6) is 0.138. The molecule has 1 aliphatic rings. The van der Waals surface area contributed by atoms with Gasteiger partial charge >= 0.3 is 0 Å². The van der Waals surface area contributed by atoms with Gasteiger partial charge in [-0.2, -0.15) is 25.4 Å². The third kappa shape index (κ3) is 5.35. The number of anilines is 3. The molecule has 4 heterocycles. The van der Waals surface area contributed by atoms with Gasteiger partial charge < -0.3 is 15.5 Å². The second-order valence-corrected chi connectivity index (χ2v) is 8.94. The number of nitrogens with zero attached hydrogens (tertiary/aromatic N) is 7. The fraction of sp³-hybridized carbons (Fsp3) is 0.455. The van der Waals surface area contributed by atoms with E-state index >= 15 is 0 Å². The summed E-state index contributed by atoms with van der Waals surface area (Å²) >= 11 is 6.26. The SMILES string of the molecule is CCn1cc(Nc2nc(N[C@H]3CN(C(=O)/C(C#N)=C/C(C)C)CC[C@H]3F)c3c(Cl)n[nH]c3n2)cn1. The molecule has 0 spiro atoms. The standard InChI is InChI=1S/C22H26ClFN10O/c1-4-34-10-14(9-26-34)27-22-29-19(17-18(23)31-32-20(17)30-22)28-16-11-33(6-5-15(16)24)21(35)13(8-25)7-12(2)3/h7,9-10,12,15-16H,4-6,11H2,1-3H3,(H3,27,28,29,30,31,32)/b13-7+/t15-,16+/m1/s1. The number of aryl methyl sites for hydroxylation is 1. The number of likely N-dealkylation sites (tertiary alicyclic amines) is 1. The molecule has 13 heteroatoms. The van der Waals surface area contributed by atoms with Crippen LogP contribution in [0.25, 0.3) is 11.0 Å². The van der Waals surface area contributed by atoms with Gasteiger partial charge in [-0.25, -0.2) is 4.39 Å². The number of H-pyrrole nitrogens is 1. The number of nitrogens with one attached hydrogen (secondary N) is 3. The maximum absolute atomic E-state index is 15.0. The monoisotopic (exact) mass is 500 g/mol. The lowest BCUT2D eigenvalue weighted by atomic mass is 10.0. The number of carbonyl (C=O) groups is 1. The number of carbonyl (C=O) groups excluding carboxylic acids is 1. The molecule has 3 aromatic rings. The molecule has 0 aromatic carbocycles. The Kier molecular flexibility index (Phi) is 7.16. The van der Waals surface area contributed by atoms with Crippen LogP contribution >= 0.6 is 11.6 Å². The summed E-state index contributed by atoms with van der Waals surface area (Å²) in [6.45, 7) is 6.73. The van der Waals surface area contributed by atoms with Gasteiger partial charge in [0.2, 0.25) is 5.95 Å². The highest BCUT2D eigenvalue weighted by Gasteiger charge is 2.33. The Morgan fingerprint density at radius 2 is 2.26 bits per heavy atom. The van der Waals surface area contributed by atoms with Crippen molar-refractivity contribution in [3.8, 4) is 6.07 Å². The van der Waals surface area contributed by atoms with Crippen molar-refractivity contribution in [1.29, 1.82) is 5.26 Å². The van der Waals surface area contributed by atoms with E-state index in [2.05, 4.69) is 35.9 Å². The Morgan fingerprint density at radius 1 is 1.46 bits per heavy atom. The van der Waals surface area contributed by atoms with Crippen LogP contribution in [-0.2, 0) is 11.3 Å². The van der Waals surface area contributed by atoms with E-state index in [4.69, 9.17) is 11.6 Å². The number of allylic oxidation sites excluding steroid dienone is 1. The molecule has 3 aromatic heterocycles. The average molecular weight is 501 g/mol. The largest absolute Gasteiger partial charge is 0.362 e. The smallest absolute Gasteiger partial charge is 0.264 e. The number of rotatable bonds is 7. The van der Waals surface area contributed by atoms with Gasteiger partial charge in [0, 0.05) is 25.8 Å². The lowest BCUT2D eigenvalue weighted by Crippen LogP contribution is -2.51. The van der Waals surface area contributed by atoms with Crippen molar-refractivity contribution < 1.29 is 9.18 Å². The molecule has 1 aliphatic heterocycles. The number of hydrogen-bond acceptors (Lipinski definition) is 8. The van der Waals surface area contributed by atoms with Crippen LogP contribution in [-0.4, -0.2) is 66.1 Å². The number of halogens is 2. The molecule has 3 N–H and O–H groups in total. The number of alkyl halides is 1. The molecule has 1 amide bonds. The first-order chi connectivity index (χ1) is 16.8. The second-order valence-electron chi connectivity index (χ2n) is 8.59. The molecular formula is C22H26ClFN10O. The van der Waals surface area contributed by atoms with Gasteiger partial charge in [-0.05, 0) is 19.3 Å². The van der Waals surface area contributed by atoms with E-state index in [1.54, 1.807) is 23.2 Å². The van der Waals surface area contributed by atoms with Gasteiger partial charge in [0.1, 0.15) is 29.0 Å². The first-order valence-electron chi connectivity index (χ1n) is 11.3. The number of aromatic nitrogens is 6. The summed E-state index contributed by atoms with van der Waals surface area (Å²) in [5, 5.41) is 27.1. The zero-order chi connectivity index (χ0) is 25.1. The Hall–Kier alpha value is -3.72. The van der Waals surface area contributed by atoms with Crippen LogP contribution < -0.4 is 10.6 Å². The van der Waals surface area contributed by atoms with E-state index in [-0.39, 0.29) is 47.9 Å². The minimum absolute atomic E-state index is 0.0362. The maximum Gasteiger partial charge on any atom is 0.264 e. The second kappa shape index (κ2) is 10.3. The lowest BCUT2D eigenvalue weighted by Gasteiger charge is -2.35. The number of piperidine rings is 1. The number of hydrogen-bond donors (Lipinski definition) is 3. The van der Waals surface area contributed by atoms with Crippen LogP contribution in [0.2, 0.25) is 5.15 Å². The van der Waals surface area contributed by atoms with Crippen molar-refractivity contribution in [3.63, 3.8) is 0 Å². The molecule has 0 saturated carbocycles. The summed E-state index contributed by atoms with van der Waals surface area (Å²) in [6, 6.07) is 1.19. The topological polar surface area (TPSA) is 140 Å². The van der Waals surface area contributed by atoms with Gasteiger partial charge in [0.25, 0.3) is 5.91 Å². The molecule has 2 atom stereocenters. The Balaban J connectivity index is 1.60. The van der Waals surface area contributed by atoms with Crippen molar-refractivity contribution in [3.05, 3.63) is 29.2 Å². The van der Waals surface area contributed by atoms with Gasteiger partial charge in [0.15, 0.2) is 10.8 Å². The van der Waals surface area contributed by atoms with Crippen molar-refractivity contribution in [2.45, 2.75) is 46.0 Å². The molecule has 4 rings (SSSR count). The van der Waals surface area contributed by atoms with E-state index in [1.165, 1.54) is 4.90 Å². The van der Waals surface area contributed by atoms with Gasteiger partial charge in [-0.1, -0.05) is 31.5 Å².